The van der Waals surface area contributed by atoms with Crippen LogP contribution in [0.5, 0.6) is 0 Å². The highest BCUT2D eigenvalue weighted by Crippen LogP contribution is 2.15. The van der Waals surface area contributed by atoms with E-state index in [0.29, 0.717) is 22.7 Å². The average molecular weight is 162 g/mol. The van der Waals surface area contributed by atoms with Crippen LogP contribution in [0.15, 0.2) is 12.7 Å². The van der Waals surface area contributed by atoms with Crippen molar-refractivity contribution >= 4 is 22.7 Å². The molecule has 6 heteroatoms. The molecule has 0 unspecified atom stereocenters. The topological polar surface area (TPSA) is 104 Å². The Morgan fingerprint density at radius 1 is 0.750 bits per heavy atom. The molecule has 6 nitrogen and oxygen atoms in total. The molecular formula is C6H6N6. The van der Waals surface area contributed by atoms with E-state index in [9.17, 15) is 0 Å². The first-order valence-electron chi connectivity index (χ1n) is 3.25. The summed E-state index contributed by atoms with van der Waals surface area (Å²) < 4.78 is 0. The summed E-state index contributed by atoms with van der Waals surface area (Å²) in [5, 5.41) is 0. The van der Waals surface area contributed by atoms with E-state index in [4.69, 9.17) is 11.5 Å². The third-order valence-corrected chi connectivity index (χ3v) is 1.48. The predicted molar refractivity (Wildman–Crippen MR) is 44.0 cm³/mol. The van der Waals surface area contributed by atoms with Crippen molar-refractivity contribution in [2.45, 2.75) is 0 Å². The summed E-state index contributed by atoms with van der Waals surface area (Å²) in [6.45, 7) is 0. The molecule has 2 heterocycles. The summed E-state index contributed by atoms with van der Waals surface area (Å²) in [4.78, 5) is 15.3. The van der Waals surface area contributed by atoms with Crippen molar-refractivity contribution in [2.75, 3.05) is 11.5 Å². The van der Waals surface area contributed by atoms with Crippen LogP contribution in [0, 0.1) is 0 Å². The van der Waals surface area contributed by atoms with Crippen LogP contribution >= 0.6 is 0 Å². The van der Waals surface area contributed by atoms with Gasteiger partial charge in [0, 0.05) is 0 Å². The molecule has 0 amide bonds. The Bertz CT molecular complexity index is 384. The van der Waals surface area contributed by atoms with Gasteiger partial charge >= 0.3 is 0 Å². The van der Waals surface area contributed by atoms with Crippen LogP contribution < -0.4 is 11.5 Å². The lowest BCUT2D eigenvalue weighted by Crippen LogP contribution is -1.99. The molecule has 0 aliphatic carbocycles. The van der Waals surface area contributed by atoms with Crippen molar-refractivity contribution in [1.29, 1.82) is 0 Å². The molecule has 0 atom stereocenters. The second kappa shape index (κ2) is 2.26. The molecule has 0 saturated heterocycles. The summed E-state index contributed by atoms with van der Waals surface area (Å²) in [7, 11) is 0. The first kappa shape index (κ1) is 6.71. The molecule has 0 aliphatic rings. The first-order valence-corrected chi connectivity index (χ1v) is 3.25. The summed E-state index contributed by atoms with van der Waals surface area (Å²) in [6, 6.07) is 0. The molecule has 2 rings (SSSR count). The van der Waals surface area contributed by atoms with E-state index in [2.05, 4.69) is 19.9 Å². The van der Waals surface area contributed by atoms with Crippen molar-refractivity contribution < 1.29 is 0 Å². The second-order valence-electron chi connectivity index (χ2n) is 2.22. The Hall–Kier alpha value is -1.98. The highest BCUT2D eigenvalue weighted by atomic mass is 15.0. The molecular weight excluding hydrogens is 156 g/mol. The highest BCUT2D eigenvalue weighted by Gasteiger charge is 2.03. The van der Waals surface area contributed by atoms with E-state index in [0.717, 1.165) is 0 Å². The molecule has 0 aliphatic heterocycles. The Morgan fingerprint density at radius 2 is 1.17 bits per heavy atom. The highest BCUT2D eigenvalue weighted by molar-refractivity contribution is 5.89. The van der Waals surface area contributed by atoms with Crippen LogP contribution in [0.1, 0.15) is 0 Å². The van der Waals surface area contributed by atoms with Gasteiger partial charge in [-0.05, 0) is 0 Å². The number of fused-ring (bicyclic) bond motifs is 1. The number of hydrogen-bond acceptors (Lipinski definition) is 6. The Kier molecular flexibility index (Phi) is 1.26. The van der Waals surface area contributed by atoms with Crippen LogP contribution in [0.3, 0.4) is 0 Å². The lowest BCUT2D eigenvalue weighted by atomic mass is 10.4. The number of nitrogens with zero attached hydrogens (tertiary/aromatic N) is 4. The molecule has 0 bridgehead atoms. The van der Waals surface area contributed by atoms with E-state index >= 15 is 0 Å². The Labute approximate surface area is 67.7 Å². The number of nitrogens with two attached hydrogens (primary N) is 2. The number of hydrogen-bond donors (Lipinski definition) is 2. The third kappa shape index (κ3) is 0.815. The van der Waals surface area contributed by atoms with Gasteiger partial charge in [0.1, 0.15) is 23.7 Å². The predicted octanol–water partition coefficient (Wildman–Crippen LogP) is -0.416. The minimum absolute atomic E-state index is 0.314. The van der Waals surface area contributed by atoms with Gasteiger partial charge in [-0.25, -0.2) is 19.9 Å². The molecule has 60 valence electrons. The quantitative estimate of drug-likeness (QED) is 0.545. The van der Waals surface area contributed by atoms with Gasteiger partial charge in [-0.15, -0.1) is 0 Å². The molecule has 0 radical (unpaired) electrons. The molecule has 0 fully saturated rings. The van der Waals surface area contributed by atoms with Crippen LogP contribution in [0.4, 0.5) is 11.6 Å². The Balaban J connectivity index is 2.94. The van der Waals surface area contributed by atoms with Gasteiger partial charge in [-0.1, -0.05) is 0 Å². The largest absolute Gasteiger partial charge is 0.382 e. The van der Waals surface area contributed by atoms with Gasteiger partial charge < -0.3 is 11.5 Å². The monoisotopic (exact) mass is 162 g/mol. The van der Waals surface area contributed by atoms with Crippen molar-refractivity contribution in [1.82, 2.24) is 19.9 Å². The number of aromatic nitrogens is 4. The van der Waals surface area contributed by atoms with E-state index < -0.39 is 0 Å². The standard InChI is InChI=1S/C6H6N6/c7-5-4-3(9-1-11-5)6(8)12-2-10-4/h1-2H,(H2,7,9,11)(H2,8,10,12). The molecule has 4 N–H and O–H groups in total. The van der Waals surface area contributed by atoms with Crippen molar-refractivity contribution in [3.05, 3.63) is 12.7 Å². The van der Waals surface area contributed by atoms with E-state index in [-0.39, 0.29) is 0 Å². The fourth-order valence-corrected chi connectivity index (χ4v) is 0.917. The van der Waals surface area contributed by atoms with Gasteiger partial charge in [0.05, 0.1) is 0 Å². The summed E-state index contributed by atoms with van der Waals surface area (Å²) in [6.07, 6.45) is 2.66. The van der Waals surface area contributed by atoms with Crippen molar-refractivity contribution in [3.63, 3.8) is 0 Å². The lowest BCUT2D eigenvalue weighted by Gasteiger charge is -1.99. The molecule has 0 aromatic carbocycles. The molecule has 12 heavy (non-hydrogen) atoms. The van der Waals surface area contributed by atoms with Gasteiger partial charge in [0.2, 0.25) is 0 Å². The maximum Gasteiger partial charge on any atom is 0.153 e. The van der Waals surface area contributed by atoms with E-state index in [1.54, 1.807) is 0 Å². The zero-order chi connectivity index (χ0) is 8.55. The van der Waals surface area contributed by atoms with Gasteiger partial charge in [0.15, 0.2) is 11.6 Å². The van der Waals surface area contributed by atoms with E-state index in [1.165, 1.54) is 12.7 Å². The zero-order valence-electron chi connectivity index (χ0n) is 6.10. The first-order chi connectivity index (χ1) is 5.79. The zero-order valence-corrected chi connectivity index (χ0v) is 6.10. The molecule has 0 spiro atoms. The second-order valence-corrected chi connectivity index (χ2v) is 2.22. The van der Waals surface area contributed by atoms with Gasteiger partial charge in [-0.3, -0.25) is 0 Å². The summed E-state index contributed by atoms with van der Waals surface area (Å²) >= 11 is 0. The third-order valence-electron chi connectivity index (χ3n) is 1.48. The van der Waals surface area contributed by atoms with Gasteiger partial charge in [-0.2, -0.15) is 0 Å². The SMILES string of the molecule is Nc1ncnc2c(N)ncnc12. The number of anilines is 2. The fraction of sp³-hybridized carbons (Fsp3) is 0. The maximum atomic E-state index is 5.53. The number of rotatable bonds is 0. The molecule has 2 aromatic rings. The Morgan fingerprint density at radius 3 is 1.58 bits per heavy atom. The molecule has 2 aromatic heterocycles. The minimum atomic E-state index is 0.314. The number of nitrogen functional groups attached to an aromatic ring is 2. The van der Waals surface area contributed by atoms with Crippen LogP contribution in [-0.2, 0) is 0 Å². The van der Waals surface area contributed by atoms with Crippen LogP contribution in [0.2, 0.25) is 0 Å². The van der Waals surface area contributed by atoms with Gasteiger partial charge in [0.25, 0.3) is 0 Å². The minimum Gasteiger partial charge on any atom is -0.382 e. The van der Waals surface area contributed by atoms with E-state index in [1.807, 2.05) is 0 Å². The normalized spacial score (nSPS) is 10.3. The smallest absolute Gasteiger partial charge is 0.153 e. The lowest BCUT2D eigenvalue weighted by molar-refractivity contribution is 1.16. The van der Waals surface area contributed by atoms with Crippen LogP contribution in [0.25, 0.3) is 11.0 Å². The fourth-order valence-electron chi connectivity index (χ4n) is 0.917. The summed E-state index contributed by atoms with van der Waals surface area (Å²) in [5.41, 5.74) is 12.0. The maximum absolute atomic E-state index is 5.53. The van der Waals surface area contributed by atoms with Crippen molar-refractivity contribution in [2.24, 2.45) is 0 Å². The van der Waals surface area contributed by atoms with Crippen molar-refractivity contribution in [3.8, 4) is 0 Å². The molecule has 0 saturated carbocycles. The van der Waals surface area contributed by atoms with Crippen LogP contribution in [-0.4, -0.2) is 19.9 Å². The average Bonchev–Trinajstić information content (AvgIpc) is 2.07. The summed E-state index contributed by atoms with van der Waals surface area (Å²) in [5.74, 6) is 0.628.